The molecule has 76 valence electrons. The Bertz CT molecular complexity index is 344. The Hall–Kier alpha value is -0.610. The maximum absolute atomic E-state index is 11.1. The van der Waals surface area contributed by atoms with E-state index in [9.17, 15) is 4.79 Å². The number of nitrogens with zero attached hydrogens (tertiary/aromatic N) is 1. The fourth-order valence-electron chi connectivity index (χ4n) is 0.930. The molecule has 0 radical (unpaired) electrons. The molecule has 0 spiro atoms. The molecule has 0 aromatic carbocycles. The van der Waals surface area contributed by atoms with Crippen molar-refractivity contribution in [1.82, 2.24) is 4.98 Å². The molecule has 0 unspecified atom stereocenters. The summed E-state index contributed by atoms with van der Waals surface area (Å²) in [5.41, 5.74) is 0.593. The van der Waals surface area contributed by atoms with E-state index in [1.165, 1.54) is 0 Å². The number of carbonyl (C=O) groups is 1. The SMILES string of the molecule is CCOC(=O)Cc1nc(Cl)ccc1Br. The molecule has 0 N–H and O–H groups in total. The molecule has 1 heterocycles. The maximum atomic E-state index is 11.1. The van der Waals surface area contributed by atoms with Gasteiger partial charge in [-0.1, -0.05) is 11.6 Å². The van der Waals surface area contributed by atoms with Gasteiger partial charge in [0, 0.05) is 4.47 Å². The zero-order valence-electron chi connectivity index (χ0n) is 7.59. The van der Waals surface area contributed by atoms with E-state index < -0.39 is 0 Å². The molecule has 1 aromatic heterocycles. The van der Waals surface area contributed by atoms with Crippen LogP contribution in [0.3, 0.4) is 0 Å². The predicted octanol–water partition coefficient (Wildman–Crippen LogP) is 2.60. The van der Waals surface area contributed by atoms with E-state index in [4.69, 9.17) is 16.3 Å². The monoisotopic (exact) mass is 277 g/mol. The number of ether oxygens (including phenoxy) is 1. The van der Waals surface area contributed by atoms with Gasteiger partial charge in [-0.15, -0.1) is 0 Å². The summed E-state index contributed by atoms with van der Waals surface area (Å²) < 4.78 is 5.56. The van der Waals surface area contributed by atoms with Crippen LogP contribution in [-0.4, -0.2) is 17.6 Å². The second-order valence-corrected chi connectivity index (χ2v) is 3.79. The van der Waals surface area contributed by atoms with Crippen LogP contribution in [-0.2, 0) is 16.0 Å². The molecule has 0 aliphatic carbocycles. The second-order valence-electron chi connectivity index (χ2n) is 2.54. The third-order valence-electron chi connectivity index (χ3n) is 1.50. The molecule has 5 heteroatoms. The van der Waals surface area contributed by atoms with Crippen molar-refractivity contribution < 1.29 is 9.53 Å². The summed E-state index contributed by atoms with van der Waals surface area (Å²) in [6, 6.07) is 3.41. The lowest BCUT2D eigenvalue weighted by Crippen LogP contribution is -2.09. The van der Waals surface area contributed by atoms with Gasteiger partial charge < -0.3 is 4.74 Å². The highest BCUT2D eigenvalue weighted by atomic mass is 79.9. The molecule has 1 rings (SSSR count). The van der Waals surface area contributed by atoms with Crippen LogP contribution in [0.4, 0.5) is 0 Å². The van der Waals surface area contributed by atoms with Crippen LogP contribution >= 0.6 is 27.5 Å². The largest absolute Gasteiger partial charge is 0.466 e. The molecule has 1 aromatic rings. The molecule has 0 aliphatic heterocycles. The van der Waals surface area contributed by atoms with Crippen LogP contribution in [0.25, 0.3) is 0 Å². The first-order valence-electron chi connectivity index (χ1n) is 4.10. The molecule has 0 aliphatic rings. The fourth-order valence-corrected chi connectivity index (χ4v) is 1.46. The van der Waals surface area contributed by atoms with Crippen molar-refractivity contribution in [2.45, 2.75) is 13.3 Å². The normalized spacial score (nSPS) is 9.93. The van der Waals surface area contributed by atoms with Crippen molar-refractivity contribution in [2.75, 3.05) is 6.61 Å². The fraction of sp³-hybridized carbons (Fsp3) is 0.333. The molecular formula is C9H9BrClNO2. The Kier molecular flexibility index (Phi) is 4.35. The summed E-state index contributed by atoms with van der Waals surface area (Å²) >= 11 is 8.97. The van der Waals surface area contributed by atoms with Gasteiger partial charge in [0.2, 0.25) is 0 Å². The van der Waals surface area contributed by atoms with Gasteiger partial charge in [0.25, 0.3) is 0 Å². The standard InChI is InChI=1S/C9H9BrClNO2/c1-2-14-9(13)5-7-6(10)3-4-8(11)12-7/h3-4H,2,5H2,1H3. The highest BCUT2D eigenvalue weighted by Gasteiger charge is 2.09. The Labute approximate surface area is 95.6 Å². The smallest absolute Gasteiger partial charge is 0.311 e. The third kappa shape index (κ3) is 3.27. The van der Waals surface area contributed by atoms with Crippen molar-refractivity contribution >= 4 is 33.5 Å². The number of pyridine rings is 1. The number of aromatic nitrogens is 1. The molecule has 0 saturated carbocycles. The lowest BCUT2D eigenvalue weighted by atomic mass is 10.3. The van der Waals surface area contributed by atoms with Crippen LogP contribution in [0, 0.1) is 0 Å². The molecule has 0 atom stereocenters. The first-order chi connectivity index (χ1) is 6.63. The summed E-state index contributed by atoms with van der Waals surface area (Å²) in [7, 11) is 0. The molecule has 14 heavy (non-hydrogen) atoms. The number of rotatable bonds is 3. The summed E-state index contributed by atoms with van der Waals surface area (Å²) in [5, 5.41) is 0.368. The van der Waals surface area contributed by atoms with Crippen molar-refractivity contribution in [3.8, 4) is 0 Å². The van der Waals surface area contributed by atoms with Crippen molar-refractivity contribution in [2.24, 2.45) is 0 Å². The molecule has 0 saturated heterocycles. The van der Waals surface area contributed by atoms with E-state index in [0.717, 1.165) is 4.47 Å². The Morgan fingerprint density at radius 3 is 3.00 bits per heavy atom. The van der Waals surface area contributed by atoms with Gasteiger partial charge >= 0.3 is 5.97 Å². The first-order valence-corrected chi connectivity index (χ1v) is 5.27. The second kappa shape index (κ2) is 5.32. The van der Waals surface area contributed by atoms with Crippen LogP contribution in [0.5, 0.6) is 0 Å². The van der Waals surface area contributed by atoms with Gasteiger partial charge in [0.15, 0.2) is 0 Å². The lowest BCUT2D eigenvalue weighted by Gasteiger charge is -2.03. The van der Waals surface area contributed by atoms with E-state index in [0.29, 0.717) is 17.5 Å². The van der Waals surface area contributed by atoms with Gasteiger partial charge in [-0.05, 0) is 35.0 Å². The Balaban J connectivity index is 2.75. The van der Waals surface area contributed by atoms with Crippen molar-refractivity contribution in [3.63, 3.8) is 0 Å². The van der Waals surface area contributed by atoms with Crippen LogP contribution < -0.4 is 0 Å². The molecule has 3 nitrogen and oxygen atoms in total. The summed E-state index contributed by atoms with van der Waals surface area (Å²) in [6.07, 6.45) is 0.134. The minimum absolute atomic E-state index is 0.134. The maximum Gasteiger partial charge on any atom is 0.311 e. The van der Waals surface area contributed by atoms with Crippen molar-refractivity contribution in [1.29, 1.82) is 0 Å². The molecule has 0 amide bonds. The van der Waals surface area contributed by atoms with Gasteiger partial charge in [-0.2, -0.15) is 0 Å². The van der Waals surface area contributed by atoms with Gasteiger partial charge in [-0.25, -0.2) is 4.98 Å². The lowest BCUT2D eigenvalue weighted by molar-refractivity contribution is -0.142. The average molecular weight is 279 g/mol. The number of esters is 1. The van der Waals surface area contributed by atoms with Crippen LogP contribution in [0.2, 0.25) is 5.15 Å². The number of carbonyl (C=O) groups excluding carboxylic acids is 1. The zero-order valence-corrected chi connectivity index (χ0v) is 9.93. The molecule has 0 bridgehead atoms. The van der Waals surface area contributed by atoms with E-state index in [2.05, 4.69) is 20.9 Å². The number of hydrogen-bond acceptors (Lipinski definition) is 3. The van der Waals surface area contributed by atoms with Gasteiger partial charge in [0.05, 0.1) is 18.7 Å². The summed E-state index contributed by atoms with van der Waals surface area (Å²) in [5.74, 6) is -0.303. The Morgan fingerprint density at radius 1 is 1.64 bits per heavy atom. The highest BCUT2D eigenvalue weighted by molar-refractivity contribution is 9.10. The quantitative estimate of drug-likeness (QED) is 0.630. The summed E-state index contributed by atoms with van der Waals surface area (Å²) in [4.78, 5) is 15.2. The molecule has 0 fully saturated rings. The number of hydrogen-bond donors (Lipinski definition) is 0. The van der Waals surface area contributed by atoms with Gasteiger partial charge in [0.1, 0.15) is 5.15 Å². The molecular weight excluding hydrogens is 269 g/mol. The van der Waals surface area contributed by atoms with E-state index in [1.54, 1.807) is 19.1 Å². The minimum Gasteiger partial charge on any atom is -0.466 e. The predicted molar refractivity (Wildman–Crippen MR) is 57.3 cm³/mol. The van der Waals surface area contributed by atoms with Crippen LogP contribution in [0.1, 0.15) is 12.6 Å². The van der Waals surface area contributed by atoms with Gasteiger partial charge in [-0.3, -0.25) is 4.79 Å². The highest BCUT2D eigenvalue weighted by Crippen LogP contribution is 2.18. The zero-order chi connectivity index (χ0) is 10.6. The van der Waals surface area contributed by atoms with Crippen LogP contribution in [0.15, 0.2) is 16.6 Å². The van der Waals surface area contributed by atoms with Crippen molar-refractivity contribution in [3.05, 3.63) is 27.5 Å². The van der Waals surface area contributed by atoms with E-state index >= 15 is 0 Å². The number of halogens is 2. The Morgan fingerprint density at radius 2 is 2.36 bits per heavy atom. The average Bonchev–Trinajstić information content (AvgIpc) is 2.12. The minimum atomic E-state index is -0.303. The third-order valence-corrected chi connectivity index (χ3v) is 2.43. The van der Waals surface area contributed by atoms with E-state index in [1.807, 2.05) is 0 Å². The van der Waals surface area contributed by atoms with E-state index in [-0.39, 0.29) is 12.4 Å². The topological polar surface area (TPSA) is 39.2 Å². The first kappa shape index (κ1) is 11.5. The summed E-state index contributed by atoms with van der Waals surface area (Å²) in [6.45, 7) is 2.13.